The Bertz CT molecular complexity index is 552. The Morgan fingerprint density at radius 1 is 1.05 bits per heavy atom. The van der Waals surface area contributed by atoms with Crippen LogP contribution in [0.2, 0.25) is 0 Å². The van der Waals surface area contributed by atoms with Gasteiger partial charge in [0.1, 0.15) is 0 Å². The maximum atomic E-state index is 6.26. The summed E-state index contributed by atoms with van der Waals surface area (Å²) >= 11 is 0. The predicted octanol–water partition coefficient (Wildman–Crippen LogP) is 3.23. The first-order valence-corrected chi connectivity index (χ1v) is 7.95. The average Bonchev–Trinajstić information content (AvgIpc) is 2.88. The van der Waals surface area contributed by atoms with Gasteiger partial charge in [-0.15, -0.1) is 0 Å². The molecule has 1 aliphatic rings. The van der Waals surface area contributed by atoms with Crippen LogP contribution in [0, 0.1) is 0 Å². The molecule has 0 spiro atoms. The van der Waals surface area contributed by atoms with Crippen molar-refractivity contribution < 1.29 is 4.52 Å². The molecule has 2 N–H and O–H groups in total. The normalized spacial score (nSPS) is 22.9. The molecule has 1 heterocycles. The van der Waals surface area contributed by atoms with E-state index in [0.29, 0.717) is 0 Å². The summed E-state index contributed by atoms with van der Waals surface area (Å²) in [5.74, 6) is 1.78. The molecule has 1 aromatic carbocycles. The second kappa shape index (κ2) is 6.85. The first-order chi connectivity index (χ1) is 10.3. The molecule has 0 aliphatic heterocycles. The van der Waals surface area contributed by atoms with Crippen molar-refractivity contribution in [3.05, 3.63) is 47.6 Å². The van der Waals surface area contributed by atoms with Crippen molar-refractivity contribution in [1.29, 1.82) is 0 Å². The van der Waals surface area contributed by atoms with Gasteiger partial charge in [-0.25, -0.2) is 0 Å². The van der Waals surface area contributed by atoms with Gasteiger partial charge in [-0.1, -0.05) is 54.8 Å². The quantitative estimate of drug-likeness (QED) is 0.876. The van der Waals surface area contributed by atoms with Crippen molar-refractivity contribution >= 4 is 0 Å². The topological polar surface area (TPSA) is 64.9 Å². The molecule has 1 saturated carbocycles. The van der Waals surface area contributed by atoms with Gasteiger partial charge in [0.2, 0.25) is 5.89 Å². The number of hydrogen-bond acceptors (Lipinski definition) is 4. The van der Waals surface area contributed by atoms with Crippen molar-refractivity contribution in [2.75, 3.05) is 0 Å². The molecule has 112 valence electrons. The molecule has 0 radical (unpaired) electrons. The molecule has 2 atom stereocenters. The Labute approximate surface area is 125 Å². The number of benzene rings is 1. The minimum absolute atomic E-state index is 0.162. The van der Waals surface area contributed by atoms with Crippen LogP contribution in [-0.4, -0.2) is 16.2 Å². The van der Waals surface area contributed by atoms with Gasteiger partial charge in [0.15, 0.2) is 5.82 Å². The molecule has 4 heteroatoms. The van der Waals surface area contributed by atoms with Crippen molar-refractivity contribution in [2.45, 2.75) is 56.9 Å². The van der Waals surface area contributed by atoms with Gasteiger partial charge in [0, 0.05) is 12.5 Å². The molecule has 2 unspecified atom stereocenters. The van der Waals surface area contributed by atoms with Crippen LogP contribution in [0.4, 0.5) is 0 Å². The lowest BCUT2D eigenvalue weighted by atomic mass is 9.95. The molecular weight excluding hydrogens is 262 g/mol. The van der Waals surface area contributed by atoms with E-state index in [-0.39, 0.29) is 12.0 Å². The zero-order valence-electron chi connectivity index (χ0n) is 12.4. The Morgan fingerprint density at radius 2 is 1.86 bits per heavy atom. The second-order valence-corrected chi connectivity index (χ2v) is 5.94. The summed E-state index contributed by atoms with van der Waals surface area (Å²) < 4.78 is 5.48. The predicted molar refractivity (Wildman–Crippen MR) is 81.9 cm³/mol. The third-order valence-electron chi connectivity index (χ3n) is 4.35. The molecule has 0 amide bonds. The summed E-state index contributed by atoms with van der Waals surface area (Å²) in [6.07, 6.45) is 7.58. The third-order valence-corrected chi connectivity index (χ3v) is 4.35. The highest BCUT2D eigenvalue weighted by molar-refractivity contribution is 5.15. The lowest BCUT2D eigenvalue weighted by Gasteiger charge is -2.16. The lowest BCUT2D eigenvalue weighted by molar-refractivity contribution is 0.323. The highest BCUT2D eigenvalue weighted by Gasteiger charge is 2.27. The van der Waals surface area contributed by atoms with E-state index in [2.05, 4.69) is 34.4 Å². The maximum Gasteiger partial charge on any atom is 0.231 e. The Balaban J connectivity index is 1.62. The fourth-order valence-corrected chi connectivity index (χ4v) is 3.06. The molecule has 2 aromatic rings. The summed E-state index contributed by atoms with van der Waals surface area (Å²) in [7, 11) is 0. The molecular formula is C17H23N3O. The van der Waals surface area contributed by atoms with E-state index in [1.807, 2.05) is 6.07 Å². The maximum absolute atomic E-state index is 6.26. The second-order valence-electron chi connectivity index (χ2n) is 5.94. The minimum atomic E-state index is 0.162. The smallest absolute Gasteiger partial charge is 0.231 e. The van der Waals surface area contributed by atoms with Crippen LogP contribution in [0.25, 0.3) is 0 Å². The van der Waals surface area contributed by atoms with Crippen molar-refractivity contribution in [2.24, 2.45) is 5.73 Å². The molecule has 3 rings (SSSR count). The summed E-state index contributed by atoms with van der Waals surface area (Å²) in [4.78, 5) is 4.58. The van der Waals surface area contributed by atoms with Crippen LogP contribution in [0.5, 0.6) is 0 Å². The van der Waals surface area contributed by atoms with E-state index in [4.69, 9.17) is 10.3 Å². The van der Waals surface area contributed by atoms with Crippen LogP contribution in [-0.2, 0) is 12.8 Å². The van der Waals surface area contributed by atoms with E-state index in [1.54, 1.807) is 0 Å². The van der Waals surface area contributed by atoms with Crippen LogP contribution in [0.15, 0.2) is 34.9 Å². The number of aryl methyl sites for hydroxylation is 2. The van der Waals surface area contributed by atoms with Gasteiger partial charge in [-0.3, -0.25) is 0 Å². The largest absolute Gasteiger partial charge is 0.339 e. The molecule has 4 nitrogen and oxygen atoms in total. The van der Waals surface area contributed by atoms with E-state index >= 15 is 0 Å². The molecule has 0 bridgehead atoms. The van der Waals surface area contributed by atoms with Gasteiger partial charge in [0.25, 0.3) is 0 Å². The number of nitrogens with zero attached hydrogens (tertiary/aromatic N) is 2. The highest BCUT2D eigenvalue weighted by atomic mass is 16.5. The Morgan fingerprint density at radius 3 is 2.71 bits per heavy atom. The van der Waals surface area contributed by atoms with E-state index in [0.717, 1.165) is 37.4 Å². The fraction of sp³-hybridized carbons (Fsp3) is 0.529. The number of rotatable bonds is 4. The van der Waals surface area contributed by atoms with Crippen LogP contribution in [0.1, 0.15) is 55.3 Å². The fourth-order valence-electron chi connectivity index (χ4n) is 3.06. The Kier molecular flexibility index (Phi) is 4.65. The van der Waals surface area contributed by atoms with E-state index < -0.39 is 0 Å². The van der Waals surface area contributed by atoms with Crippen LogP contribution < -0.4 is 5.73 Å². The van der Waals surface area contributed by atoms with Gasteiger partial charge >= 0.3 is 0 Å². The first kappa shape index (κ1) is 14.3. The summed E-state index contributed by atoms with van der Waals surface area (Å²) in [6.45, 7) is 0. The zero-order chi connectivity index (χ0) is 14.5. The summed E-state index contributed by atoms with van der Waals surface area (Å²) in [5.41, 5.74) is 7.56. The Hall–Kier alpha value is -1.68. The molecule has 0 saturated heterocycles. The minimum Gasteiger partial charge on any atom is -0.339 e. The van der Waals surface area contributed by atoms with Crippen molar-refractivity contribution in [1.82, 2.24) is 10.1 Å². The molecule has 1 aromatic heterocycles. The van der Waals surface area contributed by atoms with Crippen molar-refractivity contribution in [3.63, 3.8) is 0 Å². The number of hydrogen-bond donors (Lipinski definition) is 1. The van der Waals surface area contributed by atoms with E-state index in [1.165, 1.54) is 24.8 Å². The lowest BCUT2D eigenvalue weighted by Crippen LogP contribution is -2.27. The zero-order valence-corrected chi connectivity index (χ0v) is 12.4. The number of aromatic nitrogens is 2. The van der Waals surface area contributed by atoms with Gasteiger partial charge in [-0.05, 0) is 24.8 Å². The van der Waals surface area contributed by atoms with Crippen LogP contribution in [0.3, 0.4) is 0 Å². The van der Waals surface area contributed by atoms with Crippen molar-refractivity contribution in [3.8, 4) is 0 Å². The standard InChI is InChI=1S/C17H23N3O/c18-15-10-6-2-5-9-14(15)17-19-16(20-21-17)12-11-13-7-3-1-4-8-13/h1,3-4,7-8,14-15H,2,5-6,9-12,18H2. The SMILES string of the molecule is NC1CCCCCC1c1nc(CCc2ccccc2)no1. The summed E-state index contributed by atoms with van der Waals surface area (Å²) in [6, 6.07) is 10.6. The summed E-state index contributed by atoms with van der Waals surface area (Å²) in [5, 5.41) is 4.13. The average molecular weight is 285 g/mol. The molecule has 21 heavy (non-hydrogen) atoms. The molecule has 1 aliphatic carbocycles. The number of nitrogens with two attached hydrogens (primary N) is 1. The van der Waals surface area contributed by atoms with Crippen LogP contribution >= 0.6 is 0 Å². The van der Waals surface area contributed by atoms with Gasteiger partial charge in [0.05, 0.1) is 5.92 Å². The first-order valence-electron chi connectivity index (χ1n) is 7.95. The monoisotopic (exact) mass is 285 g/mol. The molecule has 1 fully saturated rings. The highest BCUT2D eigenvalue weighted by Crippen LogP contribution is 2.29. The van der Waals surface area contributed by atoms with E-state index in [9.17, 15) is 0 Å². The van der Waals surface area contributed by atoms with Gasteiger partial charge < -0.3 is 10.3 Å². The third kappa shape index (κ3) is 3.70. The van der Waals surface area contributed by atoms with Gasteiger partial charge in [-0.2, -0.15) is 4.98 Å².